The number of amides is 1. The third-order valence-corrected chi connectivity index (χ3v) is 4.45. The number of fused-ring (bicyclic) bond motifs is 1. The van der Waals surface area contributed by atoms with Crippen molar-refractivity contribution in [2.75, 3.05) is 6.54 Å². The molecule has 10 heteroatoms. The largest absolute Gasteiger partial charge is 0.573 e. The number of rotatable bonds is 3. The second-order valence-electron chi connectivity index (χ2n) is 6.04. The van der Waals surface area contributed by atoms with Gasteiger partial charge < -0.3 is 15.0 Å². The van der Waals surface area contributed by atoms with E-state index in [9.17, 15) is 18.0 Å². The van der Waals surface area contributed by atoms with Gasteiger partial charge in [0.1, 0.15) is 5.75 Å². The predicted octanol–water partition coefficient (Wildman–Crippen LogP) is 3.98. The van der Waals surface area contributed by atoms with Crippen LogP contribution in [0.3, 0.4) is 0 Å². The molecule has 0 spiro atoms. The van der Waals surface area contributed by atoms with Gasteiger partial charge in [-0.2, -0.15) is 0 Å². The Labute approximate surface area is 161 Å². The summed E-state index contributed by atoms with van der Waals surface area (Å²) in [6, 6.07) is 7.18. The normalized spacial score (nSPS) is 13.8. The van der Waals surface area contributed by atoms with Gasteiger partial charge in [-0.25, -0.2) is 9.97 Å². The molecule has 4 rings (SSSR count). The van der Waals surface area contributed by atoms with E-state index in [1.54, 1.807) is 12.1 Å². The molecular weight excluding hydrogens is 397 g/mol. The van der Waals surface area contributed by atoms with E-state index in [0.29, 0.717) is 35.5 Å². The third-order valence-electron chi connectivity index (χ3n) is 4.15. The second-order valence-corrected chi connectivity index (χ2v) is 6.45. The summed E-state index contributed by atoms with van der Waals surface area (Å²) in [6.45, 7) is 0.561. The summed E-state index contributed by atoms with van der Waals surface area (Å²) < 4.78 is 41.0. The number of nitrogens with zero attached hydrogens (tertiary/aromatic N) is 2. The van der Waals surface area contributed by atoms with Crippen LogP contribution in [-0.4, -0.2) is 33.8 Å². The summed E-state index contributed by atoms with van der Waals surface area (Å²) in [5.41, 5.74) is 3.01. The van der Waals surface area contributed by atoms with Gasteiger partial charge in [-0.05, 0) is 30.3 Å². The van der Waals surface area contributed by atoms with Crippen molar-refractivity contribution in [3.05, 3.63) is 52.8 Å². The van der Waals surface area contributed by atoms with Crippen molar-refractivity contribution in [1.82, 2.24) is 20.3 Å². The van der Waals surface area contributed by atoms with Gasteiger partial charge in [0.05, 0.1) is 22.0 Å². The van der Waals surface area contributed by atoms with Crippen molar-refractivity contribution in [3.8, 4) is 28.5 Å². The minimum Gasteiger partial charge on any atom is -0.404 e. The Morgan fingerprint density at radius 1 is 1.18 bits per heavy atom. The van der Waals surface area contributed by atoms with Crippen LogP contribution in [0.2, 0.25) is 5.02 Å². The molecule has 2 N–H and O–H groups in total. The van der Waals surface area contributed by atoms with Crippen molar-refractivity contribution in [2.45, 2.75) is 12.8 Å². The molecule has 0 saturated carbocycles. The highest BCUT2D eigenvalue weighted by molar-refractivity contribution is 6.32. The highest BCUT2D eigenvalue weighted by Crippen LogP contribution is 2.33. The number of aromatic amines is 1. The quantitative estimate of drug-likeness (QED) is 0.687. The Morgan fingerprint density at radius 2 is 2.00 bits per heavy atom. The Morgan fingerprint density at radius 3 is 2.71 bits per heavy atom. The summed E-state index contributed by atoms with van der Waals surface area (Å²) in [5.74, 6) is -0.378. The van der Waals surface area contributed by atoms with E-state index in [-0.39, 0.29) is 16.8 Å². The summed E-state index contributed by atoms with van der Waals surface area (Å²) in [4.78, 5) is 23.7. The maximum Gasteiger partial charge on any atom is 0.573 e. The first-order valence-electron chi connectivity index (χ1n) is 8.19. The fraction of sp³-hybridized carbons (Fsp3) is 0.167. The summed E-state index contributed by atoms with van der Waals surface area (Å²) >= 11 is 5.90. The van der Waals surface area contributed by atoms with Crippen LogP contribution in [0.5, 0.6) is 5.75 Å². The SMILES string of the molecule is O=C1NCCc2[nH]c(-c3ccnc(-c4ccc(OC(F)(F)F)c(Cl)c4)n3)cc21. The monoisotopic (exact) mass is 408 g/mol. The second kappa shape index (κ2) is 6.83. The Hall–Kier alpha value is -3.07. The zero-order valence-corrected chi connectivity index (χ0v) is 14.9. The van der Waals surface area contributed by atoms with Gasteiger partial charge in [-0.15, -0.1) is 13.2 Å². The smallest absolute Gasteiger partial charge is 0.404 e. The first kappa shape index (κ1) is 18.3. The molecule has 2 aromatic heterocycles. The highest BCUT2D eigenvalue weighted by Gasteiger charge is 2.32. The summed E-state index contributed by atoms with van der Waals surface area (Å²) in [7, 11) is 0. The first-order valence-corrected chi connectivity index (χ1v) is 8.57. The molecule has 1 aliphatic heterocycles. The van der Waals surface area contributed by atoms with Gasteiger partial charge in [0, 0.05) is 30.4 Å². The van der Waals surface area contributed by atoms with Crippen LogP contribution in [0.15, 0.2) is 36.5 Å². The van der Waals surface area contributed by atoms with E-state index < -0.39 is 12.1 Å². The van der Waals surface area contributed by atoms with Crippen LogP contribution in [0, 0.1) is 0 Å². The zero-order chi connectivity index (χ0) is 19.9. The minimum absolute atomic E-state index is 0.148. The van der Waals surface area contributed by atoms with E-state index in [2.05, 4.69) is 25.0 Å². The molecule has 1 amide bonds. The van der Waals surface area contributed by atoms with Gasteiger partial charge in [0.2, 0.25) is 0 Å². The molecule has 0 radical (unpaired) electrons. The van der Waals surface area contributed by atoms with Crippen molar-refractivity contribution < 1.29 is 22.7 Å². The lowest BCUT2D eigenvalue weighted by molar-refractivity contribution is -0.274. The lowest BCUT2D eigenvalue weighted by Gasteiger charge is -2.11. The number of ether oxygens (including phenoxy) is 1. The molecular formula is C18H12ClF3N4O2. The summed E-state index contributed by atoms with van der Waals surface area (Å²) in [5, 5.41) is 2.56. The third kappa shape index (κ3) is 3.65. The number of benzene rings is 1. The van der Waals surface area contributed by atoms with Crippen LogP contribution >= 0.6 is 11.6 Å². The number of hydrogen-bond acceptors (Lipinski definition) is 4. The number of alkyl halides is 3. The molecule has 0 atom stereocenters. The van der Waals surface area contributed by atoms with Gasteiger partial charge in [-0.3, -0.25) is 4.79 Å². The maximum absolute atomic E-state index is 12.4. The topological polar surface area (TPSA) is 79.9 Å². The Bertz CT molecular complexity index is 1070. The summed E-state index contributed by atoms with van der Waals surface area (Å²) in [6.07, 6.45) is -2.62. The number of halogens is 4. The molecule has 3 aromatic rings. The van der Waals surface area contributed by atoms with Gasteiger partial charge >= 0.3 is 6.36 Å². The molecule has 3 heterocycles. The van der Waals surface area contributed by atoms with Crippen LogP contribution in [0.25, 0.3) is 22.8 Å². The number of carbonyl (C=O) groups excluding carboxylic acids is 1. The van der Waals surface area contributed by atoms with Crippen LogP contribution in [0.4, 0.5) is 13.2 Å². The van der Waals surface area contributed by atoms with Crippen LogP contribution in [-0.2, 0) is 6.42 Å². The van der Waals surface area contributed by atoms with Crippen molar-refractivity contribution in [3.63, 3.8) is 0 Å². The standard InChI is InChI=1S/C18H12ClF3N4O2/c19-11-7-9(1-2-15(11)28-18(20,21)22)16-23-5-4-13(26-16)14-8-10-12(25-14)3-6-24-17(10)27/h1-2,4-5,7-8,25H,3,6H2,(H,24,27). The van der Waals surface area contributed by atoms with E-state index >= 15 is 0 Å². The molecule has 144 valence electrons. The average molecular weight is 409 g/mol. The molecule has 1 aromatic carbocycles. The Balaban J connectivity index is 1.66. The zero-order valence-electron chi connectivity index (χ0n) is 14.1. The number of nitrogens with one attached hydrogen (secondary N) is 2. The number of hydrogen-bond donors (Lipinski definition) is 2. The molecule has 0 saturated heterocycles. The fourth-order valence-electron chi connectivity index (χ4n) is 2.93. The van der Waals surface area contributed by atoms with Gasteiger partial charge in [0.25, 0.3) is 5.91 Å². The van der Waals surface area contributed by atoms with Crippen LogP contribution in [0.1, 0.15) is 16.1 Å². The maximum atomic E-state index is 12.4. The average Bonchev–Trinajstić information content (AvgIpc) is 3.08. The number of aromatic nitrogens is 3. The molecule has 0 bridgehead atoms. The predicted molar refractivity (Wildman–Crippen MR) is 95.0 cm³/mol. The molecule has 0 unspecified atom stereocenters. The molecule has 6 nitrogen and oxygen atoms in total. The van der Waals surface area contributed by atoms with E-state index in [1.165, 1.54) is 18.3 Å². The van der Waals surface area contributed by atoms with E-state index in [4.69, 9.17) is 11.6 Å². The van der Waals surface area contributed by atoms with Crippen LogP contribution < -0.4 is 10.1 Å². The fourth-order valence-corrected chi connectivity index (χ4v) is 3.15. The van der Waals surface area contributed by atoms with E-state index in [0.717, 1.165) is 11.8 Å². The number of H-pyrrole nitrogens is 1. The lowest BCUT2D eigenvalue weighted by Crippen LogP contribution is -2.31. The molecule has 0 fully saturated rings. The van der Waals surface area contributed by atoms with Crippen molar-refractivity contribution in [1.29, 1.82) is 0 Å². The Kier molecular flexibility index (Phi) is 4.46. The van der Waals surface area contributed by atoms with E-state index in [1.807, 2.05) is 0 Å². The molecule has 1 aliphatic rings. The molecule has 0 aliphatic carbocycles. The van der Waals surface area contributed by atoms with Gasteiger partial charge in [-0.1, -0.05) is 11.6 Å². The lowest BCUT2D eigenvalue weighted by atomic mass is 10.1. The first-order chi connectivity index (χ1) is 13.3. The highest BCUT2D eigenvalue weighted by atomic mass is 35.5. The minimum atomic E-state index is -4.83. The molecule has 28 heavy (non-hydrogen) atoms. The number of carbonyl (C=O) groups is 1. The van der Waals surface area contributed by atoms with Crippen molar-refractivity contribution >= 4 is 17.5 Å². The van der Waals surface area contributed by atoms with Gasteiger partial charge in [0.15, 0.2) is 5.82 Å². The van der Waals surface area contributed by atoms with Crippen molar-refractivity contribution in [2.24, 2.45) is 0 Å².